The van der Waals surface area contributed by atoms with Gasteiger partial charge in [0.2, 0.25) is 0 Å². The average molecular weight is 537 g/mol. The quantitative estimate of drug-likeness (QED) is 0.420. The zero-order chi connectivity index (χ0) is 25.7. The summed E-state index contributed by atoms with van der Waals surface area (Å²) in [5.41, 5.74) is -0.390. The number of pyridine rings is 1. The molecule has 4 heterocycles. The second-order valence-corrected chi connectivity index (χ2v) is 11.3. The molecule has 37 heavy (non-hydrogen) atoms. The second kappa shape index (κ2) is 7.63. The predicted octanol–water partition coefficient (Wildman–Crippen LogP) is 5.39. The highest BCUT2D eigenvalue weighted by Gasteiger charge is 2.67. The van der Waals surface area contributed by atoms with Gasteiger partial charge in [-0.3, -0.25) is 9.47 Å². The molecule has 2 aliphatic carbocycles. The Bertz CT molecular complexity index is 1400. The molecule has 2 aliphatic heterocycles. The normalized spacial score (nSPS) is 22.2. The molecule has 2 saturated carbocycles. The highest BCUT2D eigenvalue weighted by molar-refractivity contribution is 6.30. The van der Waals surface area contributed by atoms with E-state index in [4.69, 9.17) is 11.6 Å². The Hall–Kier alpha value is -2.79. The van der Waals surface area contributed by atoms with Crippen molar-refractivity contribution in [2.24, 2.45) is 5.41 Å². The van der Waals surface area contributed by atoms with Crippen LogP contribution in [0.2, 0.25) is 5.02 Å². The van der Waals surface area contributed by atoms with E-state index in [1.165, 1.54) is 4.90 Å². The van der Waals surface area contributed by atoms with Crippen molar-refractivity contribution in [2.45, 2.75) is 56.4 Å². The van der Waals surface area contributed by atoms with E-state index < -0.39 is 23.3 Å². The third kappa shape index (κ3) is 3.49. The van der Waals surface area contributed by atoms with Crippen LogP contribution in [-0.4, -0.2) is 49.5 Å². The van der Waals surface area contributed by atoms with E-state index in [0.29, 0.717) is 29.5 Å². The number of hydrogen-bond donors (Lipinski definition) is 0. The Kier molecular flexibility index (Phi) is 4.81. The Morgan fingerprint density at radius 1 is 1.00 bits per heavy atom. The van der Waals surface area contributed by atoms with Crippen LogP contribution in [0.4, 0.5) is 27.8 Å². The minimum absolute atomic E-state index is 0.0203. The van der Waals surface area contributed by atoms with E-state index in [2.05, 4.69) is 15.2 Å². The fourth-order valence-corrected chi connectivity index (χ4v) is 6.67. The van der Waals surface area contributed by atoms with E-state index in [9.17, 15) is 22.0 Å². The molecule has 0 radical (unpaired) electrons. The summed E-state index contributed by atoms with van der Waals surface area (Å²) in [5, 5.41) is 9.27. The Morgan fingerprint density at radius 3 is 2.43 bits per heavy atom. The van der Waals surface area contributed by atoms with E-state index in [1.54, 1.807) is 17.0 Å². The van der Waals surface area contributed by atoms with Crippen LogP contribution >= 0.6 is 11.6 Å². The van der Waals surface area contributed by atoms with Gasteiger partial charge >= 0.3 is 6.18 Å². The van der Waals surface area contributed by atoms with Crippen LogP contribution in [0.25, 0.3) is 5.69 Å². The standard InChI is InChI=1S/C25H22ClF5N6/c26-16-1-2-19-14(5-16)10-36(24(3-4-24)25(29,30)31)11-20-33-34-21(37(19)20)15-7-23(8-15)12-35(13-23)22-18(28)6-17(27)9-32-22/h1-2,5-6,9,15H,3-4,7-8,10-13H2. The van der Waals surface area contributed by atoms with Crippen molar-refractivity contribution >= 4 is 17.4 Å². The van der Waals surface area contributed by atoms with Crippen molar-refractivity contribution in [3.05, 3.63) is 64.3 Å². The minimum atomic E-state index is -4.33. The highest BCUT2D eigenvalue weighted by atomic mass is 35.5. The van der Waals surface area contributed by atoms with Crippen molar-refractivity contribution in [1.82, 2.24) is 24.6 Å². The van der Waals surface area contributed by atoms with Crippen molar-refractivity contribution in [1.29, 1.82) is 0 Å². The fraction of sp³-hybridized carbons (Fsp3) is 0.480. The molecule has 1 aromatic carbocycles. The fourth-order valence-electron chi connectivity index (χ4n) is 6.47. The number of anilines is 1. The number of alkyl halides is 3. The molecule has 0 unspecified atom stereocenters. The Balaban J connectivity index is 1.16. The van der Waals surface area contributed by atoms with E-state index in [0.717, 1.165) is 36.6 Å². The number of aromatic nitrogens is 4. The SMILES string of the molecule is Fc1cnc(N2CC3(CC(c4nnc5n4-c4ccc(Cl)cc4CN(C4(C(F)(F)F)CC4)C5)C3)C2)c(F)c1. The molecule has 0 bridgehead atoms. The first-order valence-corrected chi connectivity index (χ1v) is 12.6. The van der Waals surface area contributed by atoms with Gasteiger partial charge in [0.25, 0.3) is 0 Å². The van der Waals surface area contributed by atoms with Gasteiger partial charge in [-0.1, -0.05) is 11.6 Å². The Morgan fingerprint density at radius 2 is 1.76 bits per heavy atom. The second-order valence-electron chi connectivity index (χ2n) is 10.9. The van der Waals surface area contributed by atoms with Crippen LogP contribution in [0.5, 0.6) is 0 Å². The van der Waals surface area contributed by atoms with Crippen LogP contribution in [-0.2, 0) is 13.1 Å². The molecular formula is C25H22ClF5N6. The number of fused-ring (bicyclic) bond motifs is 3. The first kappa shape index (κ1) is 23.3. The monoisotopic (exact) mass is 536 g/mol. The van der Waals surface area contributed by atoms with Gasteiger partial charge in [0.1, 0.15) is 17.2 Å². The lowest BCUT2D eigenvalue weighted by Crippen LogP contribution is -2.62. The maximum atomic E-state index is 14.1. The number of rotatable bonds is 3. The molecule has 0 atom stereocenters. The maximum Gasteiger partial charge on any atom is 0.406 e. The summed E-state index contributed by atoms with van der Waals surface area (Å²) in [6.45, 7) is 1.38. The topological polar surface area (TPSA) is 50.1 Å². The molecule has 0 N–H and O–H groups in total. The third-order valence-corrected chi connectivity index (χ3v) is 8.69. The van der Waals surface area contributed by atoms with Crippen LogP contribution < -0.4 is 4.90 Å². The summed E-state index contributed by atoms with van der Waals surface area (Å²) in [6.07, 6.45) is -1.60. The van der Waals surface area contributed by atoms with Crippen molar-refractivity contribution in [3.8, 4) is 5.69 Å². The molecular weight excluding hydrogens is 515 g/mol. The number of hydrogen-bond acceptors (Lipinski definition) is 5. The van der Waals surface area contributed by atoms with Crippen LogP contribution in [0.1, 0.15) is 48.8 Å². The molecule has 0 amide bonds. The van der Waals surface area contributed by atoms with E-state index in [-0.39, 0.29) is 43.1 Å². The largest absolute Gasteiger partial charge is 0.406 e. The molecule has 7 rings (SSSR count). The van der Waals surface area contributed by atoms with E-state index in [1.807, 2.05) is 10.6 Å². The highest BCUT2D eigenvalue weighted by Crippen LogP contribution is 2.58. The molecule has 3 fully saturated rings. The van der Waals surface area contributed by atoms with Gasteiger partial charge in [-0.25, -0.2) is 13.8 Å². The van der Waals surface area contributed by atoms with Gasteiger partial charge in [0.15, 0.2) is 17.5 Å². The number of nitrogens with zero attached hydrogens (tertiary/aromatic N) is 6. The lowest BCUT2D eigenvalue weighted by atomic mass is 9.57. The molecule has 2 aromatic heterocycles. The summed E-state index contributed by atoms with van der Waals surface area (Å²) in [7, 11) is 0. The molecule has 12 heteroatoms. The van der Waals surface area contributed by atoms with Crippen molar-refractivity contribution in [3.63, 3.8) is 0 Å². The predicted molar refractivity (Wildman–Crippen MR) is 124 cm³/mol. The molecule has 1 saturated heterocycles. The summed E-state index contributed by atoms with van der Waals surface area (Å²) < 4.78 is 71.3. The maximum absolute atomic E-state index is 14.1. The first-order chi connectivity index (χ1) is 17.6. The van der Waals surface area contributed by atoms with Crippen LogP contribution in [0.3, 0.4) is 0 Å². The summed E-state index contributed by atoms with van der Waals surface area (Å²) in [5.74, 6) is 0.0440. The van der Waals surface area contributed by atoms with Gasteiger partial charge in [-0.15, -0.1) is 10.2 Å². The van der Waals surface area contributed by atoms with Crippen LogP contribution in [0.15, 0.2) is 30.5 Å². The van der Waals surface area contributed by atoms with Crippen LogP contribution in [0, 0.1) is 17.0 Å². The summed E-state index contributed by atoms with van der Waals surface area (Å²) in [6, 6.07) is 6.12. The average Bonchev–Trinajstić information content (AvgIpc) is 3.52. The number of halogens is 6. The zero-order valence-corrected chi connectivity index (χ0v) is 20.3. The van der Waals surface area contributed by atoms with Crippen molar-refractivity contribution in [2.75, 3.05) is 18.0 Å². The van der Waals surface area contributed by atoms with Crippen molar-refractivity contribution < 1.29 is 22.0 Å². The lowest BCUT2D eigenvalue weighted by molar-refractivity contribution is -0.200. The van der Waals surface area contributed by atoms with Gasteiger partial charge in [-0.05, 0) is 49.4 Å². The molecule has 3 aromatic rings. The van der Waals surface area contributed by atoms with Gasteiger partial charge in [0.05, 0.1) is 18.4 Å². The molecule has 6 nitrogen and oxygen atoms in total. The molecule has 4 aliphatic rings. The molecule has 1 spiro atoms. The molecule has 194 valence electrons. The zero-order valence-electron chi connectivity index (χ0n) is 19.6. The Labute approximate surface area is 214 Å². The minimum Gasteiger partial charge on any atom is -0.353 e. The van der Waals surface area contributed by atoms with E-state index >= 15 is 0 Å². The first-order valence-electron chi connectivity index (χ1n) is 12.2. The lowest BCUT2D eigenvalue weighted by Gasteiger charge is -2.59. The van der Waals surface area contributed by atoms with Gasteiger partial charge in [-0.2, -0.15) is 13.2 Å². The van der Waals surface area contributed by atoms with Gasteiger partial charge in [0, 0.05) is 42.1 Å². The third-order valence-electron chi connectivity index (χ3n) is 8.45. The smallest absolute Gasteiger partial charge is 0.353 e. The van der Waals surface area contributed by atoms with Gasteiger partial charge < -0.3 is 4.90 Å². The summed E-state index contributed by atoms with van der Waals surface area (Å²) >= 11 is 6.25. The summed E-state index contributed by atoms with van der Waals surface area (Å²) in [4.78, 5) is 7.17. The number of benzene rings is 1.